The largest absolute Gasteiger partial charge is 0.478 e. The fourth-order valence-electron chi connectivity index (χ4n) is 2.39. The van der Waals surface area contributed by atoms with Crippen molar-refractivity contribution in [2.45, 2.75) is 37.4 Å². The van der Waals surface area contributed by atoms with E-state index < -0.39 is 21.2 Å². The van der Waals surface area contributed by atoms with E-state index >= 15 is 0 Å². The second kappa shape index (κ2) is 6.13. The van der Waals surface area contributed by atoms with Crippen molar-refractivity contribution >= 4 is 37.6 Å². The number of carbonyl (C=O) groups is 1. The Morgan fingerprint density at radius 3 is 2.50 bits per heavy atom. The van der Waals surface area contributed by atoms with Gasteiger partial charge in [-0.05, 0) is 31.0 Å². The molecular weight excluding hydrogens is 346 g/mol. The Bertz CT molecular complexity index is 609. The molecule has 0 atom stereocenters. The van der Waals surface area contributed by atoms with E-state index in [0.717, 1.165) is 19.3 Å². The summed E-state index contributed by atoms with van der Waals surface area (Å²) in [7, 11) is -3.53. The van der Waals surface area contributed by atoms with Crippen LogP contribution in [0.4, 0.5) is 5.69 Å². The molecule has 2 N–H and O–H groups in total. The first kappa shape index (κ1) is 15.3. The van der Waals surface area contributed by atoms with Crippen LogP contribution in [0.1, 0.15) is 42.5 Å². The molecule has 0 heterocycles. The zero-order valence-corrected chi connectivity index (χ0v) is 13.2. The lowest BCUT2D eigenvalue weighted by molar-refractivity contribution is 0.0698. The Morgan fingerprint density at radius 2 is 1.90 bits per heavy atom. The second-order valence-electron chi connectivity index (χ2n) is 4.90. The number of halogens is 1. The molecule has 5 nitrogen and oxygen atoms in total. The van der Waals surface area contributed by atoms with E-state index in [-0.39, 0.29) is 11.3 Å². The molecule has 20 heavy (non-hydrogen) atoms. The van der Waals surface area contributed by atoms with Gasteiger partial charge in [-0.25, -0.2) is 13.2 Å². The molecule has 2 rings (SSSR count). The Labute approximate surface area is 126 Å². The molecule has 0 aromatic heterocycles. The molecule has 0 radical (unpaired) electrons. The third-order valence-electron chi connectivity index (χ3n) is 3.46. The average Bonchev–Trinajstić information content (AvgIpc) is 2.41. The number of hydrogen-bond acceptors (Lipinski definition) is 3. The third kappa shape index (κ3) is 3.52. The lowest BCUT2D eigenvalue weighted by Gasteiger charge is -2.22. The maximum atomic E-state index is 12.3. The van der Waals surface area contributed by atoms with Crippen LogP contribution in [0.25, 0.3) is 0 Å². The van der Waals surface area contributed by atoms with E-state index in [1.165, 1.54) is 12.1 Å². The van der Waals surface area contributed by atoms with Crippen molar-refractivity contribution in [2.75, 3.05) is 4.72 Å². The highest BCUT2D eigenvalue weighted by molar-refractivity contribution is 9.10. The molecule has 1 fully saturated rings. The maximum Gasteiger partial charge on any atom is 0.337 e. The molecule has 1 aromatic carbocycles. The van der Waals surface area contributed by atoms with Crippen molar-refractivity contribution in [1.29, 1.82) is 0 Å². The molecular formula is C13H16BrNO4S. The number of rotatable bonds is 4. The highest BCUT2D eigenvalue weighted by atomic mass is 79.9. The van der Waals surface area contributed by atoms with Gasteiger partial charge in [-0.3, -0.25) is 4.72 Å². The number of benzene rings is 1. The van der Waals surface area contributed by atoms with Crippen LogP contribution in [-0.2, 0) is 10.0 Å². The van der Waals surface area contributed by atoms with Crippen molar-refractivity contribution in [3.8, 4) is 0 Å². The van der Waals surface area contributed by atoms with E-state index in [0.29, 0.717) is 17.3 Å². The van der Waals surface area contributed by atoms with Crippen LogP contribution in [0, 0.1) is 0 Å². The zero-order valence-electron chi connectivity index (χ0n) is 10.8. The van der Waals surface area contributed by atoms with Crippen LogP contribution in [-0.4, -0.2) is 24.7 Å². The Hall–Kier alpha value is -1.08. The summed E-state index contributed by atoms with van der Waals surface area (Å²) in [6.07, 6.45) is 4.13. The third-order valence-corrected chi connectivity index (χ3v) is 5.80. The van der Waals surface area contributed by atoms with Crippen LogP contribution in [0.5, 0.6) is 0 Å². The highest BCUT2D eigenvalue weighted by Crippen LogP contribution is 2.27. The van der Waals surface area contributed by atoms with Gasteiger partial charge in [0.1, 0.15) is 0 Å². The maximum absolute atomic E-state index is 12.3. The number of anilines is 1. The molecule has 0 spiro atoms. The first-order chi connectivity index (χ1) is 9.40. The topological polar surface area (TPSA) is 83.5 Å². The predicted molar refractivity (Wildman–Crippen MR) is 80.5 cm³/mol. The number of carboxylic acid groups (broad SMARTS) is 1. The highest BCUT2D eigenvalue weighted by Gasteiger charge is 2.28. The molecule has 0 unspecified atom stereocenters. The molecule has 0 aliphatic heterocycles. The van der Waals surface area contributed by atoms with E-state index in [1.54, 1.807) is 6.07 Å². The first-order valence-electron chi connectivity index (χ1n) is 6.44. The second-order valence-corrected chi connectivity index (χ2v) is 7.78. The number of aromatic carboxylic acids is 1. The van der Waals surface area contributed by atoms with E-state index in [1.807, 2.05) is 0 Å². The number of sulfonamides is 1. The molecule has 1 aliphatic carbocycles. The molecule has 0 amide bonds. The van der Waals surface area contributed by atoms with Crippen molar-refractivity contribution in [2.24, 2.45) is 0 Å². The van der Waals surface area contributed by atoms with Crippen LogP contribution in [0.2, 0.25) is 0 Å². The van der Waals surface area contributed by atoms with E-state index in [4.69, 9.17) is 5.11 Å². The summed E-state index contributed by atoms with van der Waals surface area (Å²) in [4.78, 5) is 11.2. The van der Waals surface area contributed by atoms with Gasteiger partial charge in [-0.15, -0.1) is 0 Å². The molecule has 1 saturated carbocycles. The molecule has 1 aliphatic rings. The first-order valence-corrected chi connectivity index (χ1v) is 8.78. The number of hydrogen-bond donors (Lipinski definition) is 2. The number of nitrogens with one attached hydrogen (secondary N) is 1. The minimum absolute atomic E-state index is 0.0567. The standard InChI is InChI=1S/C13H16BrNO4S/c14-9-6-7-12(11(8-9)13(16)17)15-20(18,19)10-4-2-1-3-5-10/h6-8,10,15H,1-5H2,(H,16,17). The van der Waals surface area contributed by atoms with Gasteiger partial charge in [-0.2, -0.15) is 0 Å². The van der Waals surface area contributed by atoms with Gasteiger partial charge in [0.25, 0.3) is 0 Å². The molecule has 0 saturated heterocycles. The van der Waals surface area contributed by atoms with Crippen molar-refractivity contribution < 1.29 is 18.3 Å². The lowest BCUT2D eigenvalue weighted by atomic mass is 10.0. The normalized spacial score (nSPS) is 16.9. The summed E-state index contributed by atoms with van der Waals surface area (Å²) in [5, 5.41) is 8.71. The minimum Gasteiger partial charge on any atom is -0.478 e. The van der Waals surface area contributed by atoms with Gasteiger partial charge in [-0.1, -0.05) is 35.2 Å². The zero-order chi connectivity index (χ0) is 14.8. The minimum atomic E-state index is -3.53. The fourth-order valence-corrected chi connectivity index (χ4v) is 4.36. The Balaban J connectivity index is 2.27. The van der Waals surface area contributed by atoms with Gasteiger partial charge in [0, 0.05) is 4.47 Å². The monoisotopic (exact) mass is 361 g/mol. The average molecular weight is 362 g/mol. The Morgan fingerprint density at radius 1 is 1.25 bits per heavy atom. The van der Waals surface area contributed by atoms with E-state index in [9.17, 15) is 13.2 Å². The predicted octanol–water partition coefficient (Wildman–Crippen LogP) is 3.22. The summed E-state index contributed by atoms with van der Waals surface area (Å²) in [5.41, 5.74) is 0.0602. The molecule has 7 heteroatoms. The smallest absolute Gasteiger partial charge is 0.337 e. The van der Waals surface area contributed by atoms with Gasteiger partial charge in [0.2, 0.25) is 10.0 Å². The van der Waals surface area contributed by atoms with Crippen LogP contribution in [0.3, 0.4) is 0 Å². The fraction of sp³-hybridized carbons (Fsp3) is 0.462. The van der Waals surface area contributed by atoms with Crippen LogP contribution in [0.15, 0.2) is 22.7 Å². The molecule has 1 aromatic rings. The van der Waals surface area contributed by atoms with Crippen LogP contribution < -0.4 is 4.72 Å². The van der Waals surface area contributed by atoms with Gasteiger partial charge < -0.3 is 5.11 Å². The van der Waals surface area contributed by atoms with Gasteiger partial charge in [0.05, 0.1) is 16.5 Å². The summed E-state index contributed by atoms with van der Waals surface area (Å²) in [6, 6.07) is 4.47. The van der Waals surface area contributed by atoms with Crippen LogP contribution >= 0.6 is 15.9 Å². The number of carboxylic acids is 1. The van der Waals surface area contributed by atoms with E-state index in [2.05, 4.69) is 20.7 Å². The molecule has 0 bridgehead atoms. The quantitative estimate of drug-likeness (QED) is 0.862. The van der Waals surface area contributed by atoms with Crippen molar-refractivity contribution in [1.82, 2.24) is 0 Å². The summed E-state index contributed by atoms with van der Waals surface area (Å²) >= 11 is 3.18. The summed E-state index contributed by atoms with van der Waals surface area (Å²) in [5.74, 6) is -1.16. The molecule has 110 valence electrons. The summed E-state index contributed by atoms with van der Waals surface area (Å²) < 4.78 is 27.6. The van der Waals surface area contributed by atoms with Crippen molar-refractivity contribution in [3.05, 3.63) is 28.2 Å². The van der Waals surface area contributed by atoms with Gasteiger partial charge >= 0.3 is 5.97 Å². The van der Waals surface area contributed by atoms with Crippen molar-refractivity contribution in [3.63, 3.8) is 0 Å². The Kier molecular flexibility index (Phi) is 4.70. The SMILES string of the molecule is O=C(O)c1cc(Br)ccc1NS(=O)(=O)C1CCCCC1. The van der Waals surface area contributed by atoms with Gasteiger partial charge in [0.15, 0.2) is 0 Å². The lowest BCUT2D eigenvalue weighted by Crippen LogP contribution is -2.30. The summed E-state index contributed by atoms with van der Waals surface area (Å²) in [6.45, 7) is 0.